The van der Waals surface area contributed by atoms with Gasteiger partial charge in [0.15, 0.2) is 0 Å². The van der Waals surface area contributed by atoms with Gasteiger partial charge in [-0.25, -0.2) is 9.48 Å². The molecule has 0 amide bonds. The quantitative estimate of drug-likeness (QED) is 0.837. The van der Waals surface area contributed by atoms with Gasteiger partial charge >= 0.3 is 5.69 Å². The molecule has 0 atom stereocenters. The van der Waals surface area contributed by atoms with E-state index in [2.05, 4.69) is 27.9 Å². The topological polar surface area (TPSA) is 51.9 Å². The number of rotatable bonds is 5. The van der Waals surface area contributed by atoms with Crippen LogP contribution in [0.1, 0.15) is 23.5 Å². The number of hydrogen-bond acceptors (Lipinski definition) is 4. The van der Waals surface area contributed by atoms with Crippen molar-refractivity contribution in [1.82, 2.24) is 19.7 Å². The summed E-state index contributed by atoms with van der Waals surface area (Å²) in [5, 5.41) is 9.83. The lowest BCUT2D eigenvalue weighted by molar-refractivity contribution is 0.508. The van der Waals surface area contributed by atoms with Gasteiger partial charge in [-0.15, -0.1) is 11.3 Å². The molecule has 0 fully saturated rings. The Morgan fingerprint density at radius 2 is 2.37 bits per heavy atom. The summed E-state index contributed by atoms with van der Waals surface area (Å²) in [6, 6.07) is 4.16. The molecule has 102 valence electrons. The number of nitrogens with one attached hydrogen (secondary N) is 1. The van der Waals surface area contributed by atoms with Crippen molar-refractivity contribution in [3.8, 4) is 0 Å². The zero-order chi connectivity index (χ0) is 13.1. The van der Waals surface area contributed by atoms with Gasteiger partial charge in [0.2, 0.25) is 0 Å². The van der Waals surface area contributed by atoms with E-state index in [1.165, 1.54) is 4.88 Å². The van der Waals surface area contributed by atoms with E-state index in [1.54, 1.807) is 16.0 Å². The van der Waals surface area contributed by atoms with Gasteiger partial charge < -0.3 is 5.32 Å². The van der Waals surface area contributed by atoms with Gasteiger partial charge in [0.1, 0.15) is 5.82 Å². The summed E-state index contributed by atoms with van der Waals surface area (Å²) >= 11 is 1.74. The Hall–Kier alpha value is -1.40. The molecule has 3 heterocycles. The molecule has 0 saturated heterocycles. The van der Waals surface area contributed by atoms with Crippen molar-refractivity contribution >= 4 is 11.3 Å². The van der Waals surface area contributed by atoms with Crippen LogP contribution in [-0.4, -0.2) is 20.9 Å². The van der Waals surface area contributed by atoms with Gasteiger partial charge in [0.05, 0.1) is 6.54 Å². The molecule has 1 N–H and O–H groups in total. The van der Waals surface area contributed by atoms with Crippen molar-refractivity contribution in [2.24, 2.45) is 0 Å². The Morgan fingerprint density at radius 1 is 1.42 bits per heavy atom. The van der Waals surface area contributed by atoms with Crippen LogP contribution in [0, 0.1) is 0 Å². The minimum absolute atomic E-state index is 0.0487. The summed E-state index contributed by atoms with van der Waals surface area (Å²) in [5.74, 6) is 0.953. The molecular weight excluding hydrogens is 260 g/mol. The molecule has 0 spiro atoms. The monoisotopic (exact) mass is 278 g/mol. The van der Waals surface area contributed by atoms with Crippen molar-refractivity contribution in [3.63, 3.8) is 0 Å². The third-order valence-electron chi connectivity index (χ3n) is 3.41. The highest BCUT2D eigenvalue weighted by Crippen LogP contribution is 2.09. The van der Waals surface area contributed by atoms with Crippen molar-refractivity contribution in [2.75, 3.05) is 6.54 Å². The van der Waals surface area contributed by atoms with Crippen LogP contribution in [0.15, 0.2) is 22.3 Å². The Labute approximate surface area is 115 Å². The molecule has 0 unspecified atom stereocenters. The molecule has 0 saturated carbocycles. The highest BCUT2D eigenvalue weighted by molar-refractivity contribution is 7.09. The van der Waals surface area contributed by atoms with Crippen molar-refractivity contribution in [2.45, 2.75) is 38.9 Å². The smallest absolute Gasteiger partial charge is 0.310 e. The first-order valence-corrected chi connectivity index (χ1v) is 7.62. The second-order valence-electron chi connectivity index (χ2n) is 4.79. The lowest BCUT2D eigenvalue weighted by Gasteiger charge is -2.09. The predicted molar refractivity (Wildman–Crippen MR) is 75.5 cm³/mol. The van der Waals surface area contributed by atoms with E-state index in [0.717, 1.165) is 44.7 Å². The van der Waals surface area contributed by atoms with E-state index in [4.69, 9.17) is 0 Å². The van der Waals surface area contributed by atoms with Gasteiger partial charge in [-0.1, -0.05) is 6.07 Å². The fraction of sp³-hybridized carbons (Fsp3) is 0.538. The van der Waals surface area contributed by atoms with Gasteiger partial charge in [-0.3, -0.25) is 4.57 Å². The highest BCUT2D eigenvalue weighted by atomic mass is 32.1. The van der Waals surface area contributed by atoms with Gasteiger partial charge in [-0.05, 0) is 24.3 Å². The molecule has 19 heavy (non-hydrogen) atoms. The van der Waals surface area contributed by atoms with Gasteiger partial charge in [0, 0.05) is 30.9 Å². The summed E-state index contributed by atoms with van der Waals surface area (Å²) in [6.07, 6.45) is 3.17. The number of thiophene rings is 1. The Morgan fingerprint density at radius 3 is 3.16 bits per heavy atom. The van der Waals surface area contributed by atoms with E-state index < -0.39 is 0 Å². The third kappa shape index (κ3) is 2.79. The standard InChI is InChI=1S/C13H18N4OS/c18-13-16-7-2-1-5-12(16)15-17(13)8-6-14-10-11-4-3-9-19-11/h3-4,9,14H,1-2,5-8,10H2. The van der Waals surface area contributed by atoms with E-state index in [-0.39, 0.29) is 5.69 Å². The van der Waals surface area contributed by atoms with E-state index >= 15 is 0 Å². The molecule has 5 nitrogen and oxygen atoms in total. The first-order valence-electron chi connectivity index (χ1n) is 6.74. The van der Waals surface area contributed by atoms with Crippen LogP contribution >= 0.6 is 11.3 Å². The zero-order valence-corrected chi connectivity index (χ0v) is 11.7. The minimum atomic E-state index is 0.0487. The maximum Gasteiger partial charge on any atom is 0.345 e. The van der Waals surface area contributed by atoms with Crippen molar-refractivity contribution in [1.29, 1.82) is 0 Å². The third-order valence-corrected chi connectivity index (χ3v) is 4.29. The average molecular weight is 278 g/mol. The first-order chi connectivity index (χ1) is 9.34. The van der Waals surface area contributed by atoms with Gasteiger partial charge in [0.25, 0.3) is 0 Å². The fourth-order valence-corrected chi connectivity index (χ4v) is 3.08. The van der Waals surface area contributed by atoms with Gasteiger partial charge in [-0.2, -0.15) is 5.10 Å². The zero-order valence-electron chi connectivity index (χ0n) is 10.8. The number of fused-ring (bicyclic) bond motifs is 1. The summed E-state index contributed by atoms with van der Waals surface area (Å²) in [5.41, 5.74) is 0.0487. The van der Waals surface area contributed by atoms with Crippen LogP contribution in [0.3, 0.4) is 0 Å². The second-order valence-corrected chi connectivity index (χ2v) is 5.82. The Kier molecular flexibility index (Phi) is 3.79. The van der Waals surface area contributed by atoms with Crippen molar-refractivity contribution in [3.05, 3.63) is 38.7 Å². The van der Waals surface area contributed by atoms with Crippen LogP contribution in [0.25, 0.3) is 0 Å². The largest absolute Gasteiger partial charge is 0.345 e. The number of nitrogens with zero attached hydrogens (tertiary/aromatic N) is 3. The molecule has 2 aromatic heterocycles. The Balaban J connectivity index is 1.55. The molecule has 0 aromatic carbocycles. The maximum atomic E-state index is 12.1. The maximum absolute atomic E-state index is 12.1. The van der Waals surface area contributed by atoms with Crippen LogP contribution in [0.5, 0.6) is 0 Å². The number of aryl methyl sites for hydroxylation is 1. The molecule has 0 aliphatic carbocycles. The summed E-state index contributed by atoms with van der Waals surface area (Å²) in [4.78, 5) is 13.4. The van der Waals surface area contributed by atoms with Crippen LogP contribution in [0.2, 0.25) is 0 Å². The predicted octanol–water partition coefficient (Wildman–Crippen LogP) is 1.23. The molecule has 2 aromatic rings. The van der Waals surface area contributed by atoms with Crippen LogP contribution in [0.4, 0.5) is 0 Å². The number of hydrogen-bond donors (Lipinski definition) is 1. The molecule has 0 radical (unpaired) electrons. The van der Waals surface area contributed by atoms with E-state index in [1.807, 2.05) is 4.57 Å². The van der Waals surface area contributed by atoms with Crippen LogP contribution in [-0.2, 0) is 26.1 Å². The first kappa shape index (κ1) is 12.6. The minimum Gasteiger partial charge on any atom is -0.310 e. The van der Waals surface area contributed by atoms with Crippen molar-refractivity contribution < 1.29 is 0 Å². The average Bonchev–Trinajstić information content (AvgIpc) is 3.04. The molecule has 3 rings (SSSR count). The SMILES string of the molecule is O=c1n(CCNCc2cccs2)nc2n1CCCC2. The molecule has 1 aliphatic heterocycles. The summed E-state index contributed by atoms with van der Waals surface area (Å²) < 4.78 is 3.42. The summed E-state index contributed by atoms with van der Waals surface area (Å²) in [7, 11) is 0. The highest BCUT2D eigenvalue weighted by Gasteiger charge is 2.15. The van der Waals surface area contributed by atoms with Crippen LogP contribution < -0.4 is 11.0 Å². The van der Waals surface area contributed by atoms with E-state index in [0.29, 0.717) is 6.54 Å². The lowest BCUT2D eigenvalue weighted by Crippen LogP contribution is -2.30. The second kappa shape index (κ2) is 5.71. The Bertz CT molecular complexity index is 584. The lowest BCUT2D eigenvalue weighted by atomic mass is 10.2. The number of aromatic nitrogens is 3. The molecule has 1 aliphatic rings. The fourth-order valence-electron chi connectivity index (χ4n) is 2.40. The molecule has 0 bridgehead atoms. The molecular formula is C13H18N4OS. The van der Waals surface area contributed by atoms with E-state index in [9.17, 15) is 4.79 Å². The normalized spacial score (nSPS) is 14.5. The summed E-state index contributed by atoms with van der Waals surface area (Å²) in [6.45, 7) is 3.11. The molecule has 6 heteroatoms.